The Morgan fingerprint density at radius 1 is 1.44 bits per heavy atom. The first-order chi connectivity index (χ1) is 8.25. The molecule has 0 radical (unpaired) electrons. The van der Waals surface area contributed by atoms with Crippen LogP contribution in [0, 0.1) is 10.1 Å². The van der Waals surface area contributed by atoms with Crippen molar-refractivity contribution < 1.29 is 14.5 Å². The van der Waals surface area contributed by atoms with E-state index in [-0.39, 0.29) is 17.1 Å². The predicted octanol–water partition coefficient (Wildman–Crippen LogP) is 2.91. The van der Waals surface area contributed by atoms with Crippen molar-refractivity contribution in [1.82, 2.24) is 0 Å². The van der Waals surface area contributed by atoms with Gasteiger partial charge in [0.25, 0.3) is 15.4 Å². The van der Waals surface area contributed by atoms with Gasteiger partial charge in [0.15, 0.2) is 0 Å². The van der Waals surface area contributed by atoms with Crippen LogP contribution >= 0.6 is 34.8 Å². The Kier molecular flexibility index (Phi) is 4.61. The molecule has 0 spiro atoms. The summed E-state index contributed by atoms with van der Waals surface area (Å²) in [5, 5.41) is 13.0. The molecule has 0 heterocycles. The van der Waals surface area contributed by atoms with E-state index in [2.05, 4.69) is 5.32 Å². The smallest absolute Gasteiger partial charge is 0.296 e. The molecule has 1 amide bonds. The van der Waals surface area contributed by atoms with Crippen molar-refractivity contribution in [2.75, 3.05) is 12.4 Å². The maximum atomic E-state index is 11.4. The fourth-order valence-corrected chi connectivity index (χ4v) is 1.23. The van der Waals surface area contributed by atoms with Gasteiger partial charge in [0, 0.05) is 0 Å². The zero-order valence-electron chi connectivity index (χ0n) is 8.95. The third-order valence-electron chi connectivity index (χ3n) is 1.91. The summed E-state index contributed by atoms with van der Waals surface area (Å²) in [7, 11) is 1.36. The van der Waals surface area contributed by atoms with Crippen LogP contribution in [-0.4, -0.2) is 21.7 Å². The average Bonchev–Trinajstić information content (AvgIpc) is 2.27. The lowest BCUT2D eigenvalue weighted by Crippen LogP contribution is -2.27. The molecule has 0 aliphatic rings. The fourth-order valence-electron chi connectivity index (χ4n) is 1.09. The second-order valence-corrected chi connectivity index (χ2v) is 5.37. The lowest BCUT2D eigenvalue weighted by atomic mass is 10.2. The van der Waals surface area contributed by atoms with Crippen molar-refractivity contribution >= 4 is 52.1 Å². The molecule has 0 unspecified atom stereocenters. The number of carbonyl (C=O) groups excluding carboxylic acids is 1. The van der Waals surface area contributed by atoms with E-state index in [1.165, 1.54) is 19.2 Å². The van der Waals surface area contributed by atoms with Crippen LogP contribution in [0.25, 0.3) is 0 Å². The van der Waals surface area contributed by atoms with Crippen molar-refractivity contribution in [2.24, 2.45) is 0 Å². The van der Waals surface area contributed by atoms with Crippen LogP contribution in [0.2, 0.25) is 0 Å². The Bertz CT molecular complexity index is 487. The second-order valence-electron chi connectivity index (χ2n) is 3.09. The summed E-state index contributed by atoms with van der Waals surface area (Å²) in [5.41, 5.74) is -0.450. The van der Waals surface area contributed by atoms with Gasteiger partial charge < -0.3 is 10.1 Å². The zero-order valence-corrected chi connectivity index (χ0v) is 11.2. The lowest BCUT2D eigenvalue weighted by molar-refractivity contribution is -0.384. The van der Waals surface area contributed by atoms with Crippen LogP contribution in [0.3, 0.4) is 0 Å². The van der Waals surface area contributed by atoms with Gasteiger partial charge in [-0.2, -0.15) is 0 Å². The van der Waals surface area contributed by atoms with Crippen molar-refractivity contribution in [3.8, 4) is 5.75 Å². The van der Waals surface area contributed by atoms with Crippen LogP contribution in [0.15, 0.2) is 18.2 Å². The van der Waals surface area contributed by atoms with Gasteiger partial charge in [-0.05, 0) is 12.1 Å². The number of anilines is 1. The molecule has 0 fully saturated rings. The Labute approximate surface area is 117 Å². The van der Waals surface area contributed by atoms with E-state index in [0.717, 1.165) is 6.07 Å². The molecule has 1 N–H and O–H groups in total. The SMILES string of the molecule is COc1ccc(NC(=O)C(Cl)(Cl)Cl)c([N+](=O)[O-])c1. The fraction of sp³-hybridized carbons (Fsp3) is 0.222. The normalized spacial score (nSPS) is 10.9. The molecule has 98 valence electrons. The van der Waals surface area contributed by atoms with E-state index in [0.29, 0.717) is 0 Å². The molecule has 1 rings (SSSR count). The molecule has 0 aliphatic carbocycles. The number of halogens is 3. The van der Waals surface area contributed by atoms with Crippen LogP contribution in [0.5, 0.6) is 5.75 Å². The number of amides is 1. The molecular formula is C9H7Cl3N2O4. The molecule has 6 nitrogen and oxygen atoms in total. The monoisotopic (exact) mass is 312 g/mol. The van der Waals surface area contributed by atoms with Crippen LogP contribution < -0.4 is 10.1 Å². The van der Waals surface area contributed by atoms with Gasteiger partial charge >= 0.3 is 0 Å². The number of nitro groups is 1. The number of rotatable bonds is 3. The van der Waals surface area contributed by atoms with Crippen molar-refractivity contribution in [1.29, 1.82) is 0 Å². The van der Waals surface area contributed by atoms with Gasteiger partial charge in [-0.1, -0.05) is 34.8 Å². The van der Waals surface area contributed by atoms with Crippen LogP contribution in [0.4, 0.5) is 11.4 Å². The van der Waals surface area contributed by atoms with Crippen molar-refractivity contribution in [3.63, 3.8) is 0 Å². The number of hydrogen-bond acceptors (Lipinski definition) is 4. The summed E-state index contributed by atoms with van der Waals surface area (Å²) in [6.07, 6.45) is 0. The van der Waals surface area contributed by atoms with E-state index in [1.807, 2.05) is 0 Å². The largest absolute Gasteiger partial charge is 0.496 e. The molecule has 18 heavy (non-hydrogen) atoms. The highest BCUT2D eigenvalue weighted by Crippen LogP contribution is 2.32. The first-order valence-electron chi connectivity index (χ1n) is 4.46. The number of benzene rings is 1. The van der Waals surface area contributed by atoms with E-state index < -0.39 is 14.6 Å². The summed E-state index contributed by atoms with van der Waals surface area (Å²) < 4.78 is 2.64. The van der Waals surface area contributed by atoms with Gasteiger partial charge in [0.2, 0.25) is 0 Å². The molecule has 1 aromatic carbocycles. The minimum Gasteiger partial charge on any atom is -0.496 e. The van der Waals surface area contributed by atoms with Gasteiger partial charge in [0.1, 0.15) is 11.4 Å². The van der Waals surface area contributed by atoms with Gasteiger partial charge in [-0.15, -0.1) is 0 Å². The molecule has 0 saturated carbocycles. The molecule has 9 heteroatoms. The van der Waals surface area contributed by atoms with Crippen molar-refractivity contribution in [3.05, 3.63) is 28.3 Å². The number of nitro benzene ring substituents is 1. The Balaban J connectivity index is 3.09. The second kappa shape index (κ2) is 5.60. The first kappa shape index (κ1) is 14.8. The van der Waals surface area contributed by atoms with Gasteiger partial charge in [0.05, 0.1) is 18.1 Å². The number of hydrogen-bond donors (Lipinski definition) is 1. The Hall–Kier alpha value is -1.24. The molecule has 0 aliphatic heterocycles. The first-order valence-corrected chi connectivity index (χ1v) is 5.59. The third kappa shape index (κ3) is 3.63. The predicted molar refractivity (Wildman–Crippen MR) is 68.6 cm³/mol. The number of alkyl halides is 3. The molecular weight excluding hydrogens is 306 g/mol. The highest BCUT2D eigenvalue weighted by Gasteiger charge is 2.32. The highest BCUT2D eigenvalue weighted by molar-refractivity contribution is 6.76. The van der Waals surface area contributed by atoms with E-state index in [1.54, 1.807) is 0 Å². The average molecular weight is 314 g/mol. The molecule has 0 aromatic heterocycles. The maximum absolute atomic E-state index is 11.4. The van der Waals surface area contributed by atoms with Crippen LogP contribution in [0.1, 0.15) is 0 Å². The van der Waals surface area contributed by atoms with E-state index in [9.17, 15) is 14.9 Å². The van der Waals surface area contributed by atoms with Crippen molar-refractivity contribution in [2.45, 2.75) is 3.79 Å². The highest BCUT2D eigenvalue weighted by atomic mass is 35.6. The van der Waals surface area contributed by atoms with E-state index in [4.69, 9.17) is 39.5 Å². The zero-order chi connectivity index (χ0) is 13.9. The van der Waals surface area contributed by atoms with E-state index >= 15 is 0 Å². The number of methoxy groups -OCH3 is 1. The minimum absolute atomic E-state index is 0.0860. The number of carbonyl (C=O) groups is 1. The van der Waals surface area contributed by atoms with Gasteiger partial charge in [-0.3, -0.25) is 14.9 Å². The molecule has 0 saturated heterocycles. The number of nitrogens with one attached hydrogen (secondary N) is 1. The molecule has 0 bridgehead atoms. The quantitative estimate of drug-likeness (QED) is 0.528. The minimum atomic E-state index is -2.20. The summed E-state index contributed by atoms with van der Waals surface area (Å²) in [5.74, 6) is -0.714. The molecule has 0 atom stereocenters. The Morgan fingerprint density at radius 2 is 2.06 bits per heavy atom. The summed E-state index contributed by atoms with van der Waals surface area (Å²) >= 11 is 16.0. The maximum Gasteiger partial charge on any atom is 0.296 e. The summed E-state index contributed by atoms with van der Waals surface area (Å²) in [6, 6.07) is 3.86. The Morgan fingerprint density at radius 3 is 2.50 bits per heavy atom. The summed E-state index contributed by atoms with van der Waals surface area (Å²) in [6.45, 7) is 0. The lowest BCUT2D eigenvalue weighted by Gasteiger charge is -2.11. The van der Waals surface area contributed by atoms with Gasteiger partial charge in [-0.25, -0.2) is 0 Å². The number of nitrogens with zero attached hydrogens (tertiary/aromatic N) is 1. The standard InChI is InChI=1S/C9H7Cl3N2O4/c1-18-5-2-3-6(7(4-5)14(16)17)13-8(15)9(10,11)12/h2-4H,1H3,(H,13,15). The summed E-state index contributed by atoms with van der Waals surface area (Å²) in [4.78, 5) is 21.5. The number of ether oxygens (including phenoxy) is 1. The topological polar surface area (TPSA) is 81.5 Å². The van der Waals surface area contributed by atoms with Crippen LogP contribution in [-0.2, 0) is 4.79 Å². The molecule has 1 aromatic rings. The third-order valence-corrected chi connectivity index (χ3v) is 2.42.